The predicted molar refractivity (Wildman–Crippen MR) is 94.8 cm³/mol. The standard InChI is InChI=1S/C18H14FN3O3S/c1-3-25-18(24)15-10(2)14-16(26-15)21-9-22(17(14)23)8-12-6-11(7-20)4-5-13(12)19/h4-6,9H,3,8H2,1-2H3. The number of aryl methyl sites for hydroxylation is 1. The minimum atomic E-state index is -0.509. The molecule has 0 aliphatic heterocycles. The van der Waals surface area contributed by atoms with Crippen LogP contribution in [0.15, 0.2) is 29.3 Å². The molecule has 0 atom stereocenters. The van der Waals surface area contributed by atoms with E-state index in [0.717, 1.165) is 11.3 Å². The number of nitriles is 1. The number of halogens is 1. The number of hydrogen-bond donors (Lipinski definition) is 0. The van der Waals surface area contributed by atoms with E-state index < -0.39 is 11.8 Å². The normalized spacial score (nSPS) is 10.7. The first-order valence-electron chi connectivity index (χ1n) is 7.80. The molecule has 1 aromatic carbocycles. The van der Waals surface area contributed by atoms with Crippen molar-refractivity contribution < 1.29 is 13.9 Å². The molecular formula is C18H14FN3O3S. The first kappa shape index (κ1) is 17.8. The van der Waals surface area contributed by atoms with Crippen LogP contribution in [0.3, 0.4) is 0 Å². The van der Waals surface area contributed by atoms with E-state index in [4.69, 9.17) is 10.00 Å². The van der Waals surface area contributed by atoms with E-state index in [1.54, 1.807) is 13.8 Å². The van der Waals surface area contributed by atoms with Crippen LogP contribution >= 0.6 is 11.3 Å². The van der Waals surface area contributed by atoms with Crippen LogP contribution in [0.2, 0.25) is 0 Å². The van der Waals surface area contributed by atoms with Gasteiger partial charge < -0.3 is 4.74 Å². The average Bonchev–Trinajstić information content (AvgIpc) is 2.97. The van der Waals surface area contributed by atoms with Crippen molar-refractivity contribution in [3.8, 4) is 6.07 Å². The summed E-state index contributed by atoms with van der Waals surface area (Å²) in [5.41, 5.74) is 0.646. The lowest BCUT2D eigenvalue weighted by Crippen LogP contribution is -2.21. The molecule has 2 aromatic heterocycles. The van der Waals surface area contributed by atoms with Crippen molar-refractivity contribution in [2.75, 3.05) is 6.61 Å². The number of esters is 1. The highest BCUT2D eigenvalue weighted by molar-refractivity contribution is 7.20. The van der Waals surface area contributed by atoms with Gasteiger partial charge >= 0.3 is 5.97 Å². The van der Waals surface area contributed by atoms with E-state index in [1.165, 1.54) is 29.1 Å². The summed E-state index contributed by atoms with van der Waals surface area (Å²) >= 11 is 1.09. The van der Waals surface area contributed by atoms with Crippen molar-refractivity contribution in [2.24, 2.45) is 0 Å². The Balaban J connectivity index is 2.08. The van der Waals surface area contributed by atoms with E-state index in [0.29, 0.717) is 26.2 Å². The summed E-state index contributed by atoms with van der Waals surface area (Å²) < 4.78 is 20.3. The summed E-state index contributed by atoms with van der Waals surface area (Å²) in [5.74, 6) is -1.00. The molecule has 132 valence electrons. The van der Waals surface area contributed by atoms with Crippen molar-refractivity contribution >= 4 is 27.5 Å². The van der Waals surface area contributed by atoms with Crippen molar-refractivity contribution in [3.05, 3.63) is 62.3 Å². The monoisotopic (exact) mass is 371 g/mol. The number of aromatic nitrogens is 2. The topological polar surface area (TPSA) is 85.0 Å². The van der Waals surface area contributed by atoms with Crippen molar-refractivity contribution in [2.45, 2.75) is 20.4 Å². The molecule has 2 heterocycles. The van der Waals surface area contributed by atoms with Crippen LogP contribution in [-0.4, -0.2) is 22.1 Å². The molecule has 0 N–H and O–H groups in total. The van der Waals surface area contributed by atoms with Crippen LogP contribution in [-0.2, 0) is 11.3 Å². The molecule has 0 aliphatic rings. The molecule has 3 rings (SSSR count). The molecule has 0 aliphatic carbocycles. The van der Waals surface area contributed by atoms with Crippen LogP contribution < -0.4 is 5.56 Å². The first-order chi connectivity index (χ1) is 12.5. The van der Waals surface area contributed by atoms with Gasteiger partial charge in [0, 0.05) is 5.56 Å². The summed E-state index contributed by atoms with van der Waals surface area (Å²) in [6.07, 6.45) is 1.31. The highest BCUT2D eigenvalue weighted by Crippen LogP contribution is 2.27. The van der Waals surface area contributed by atoms with Crippen molar-refractivity contribution in [1.29, 1.82) is 5.26 Å². The molecule has 0 radical (unpaired) electrons. The summed E-state index contributed by atoms with van der Waals surface area (Å²) in [7, 11) is 0. The molecule has 0 saturated heterocycles. The molecule has 0 fully saturated rings. The number of carbonyl (C=O) groups is 1. The van der Waals surface area contributed by atoms with E-state index in [2.05, 4.69) is 4.98 Å². The second kappa shape index (κ2) is 7.06. The number of carbonyl (C=O) groups excluding carboxylic acids is 1. The fourth-order valence-electron chi connectivity index (χ4n) is 2.61. The maximum absolute atomic E-state index is 14.0. The zero-order chi connectivity index (χ0) is 18.8. The van der Waals surface area contributed by atoms with Gasteiger partial charge in [0.05, 0.1) is 36.5 Å². The Hall–Kier alpha value is -3.05. The lowest BCUT2D eigenvalue weighted by Gasteiger charge is -2.07. The minimum Gasteiger partial charge on any atom is -0.462 e. The van der Waals surface area contributed by atoms with Gasteiger partial charge in [0.2, 0.25) is 0 Å². The Morgan fingerprint density at radius 1 is 1.46 bits per heavy atom. The Morgan fingerprint density at radius 2 is 2.23 bits per heavy atom. The average molecular weight is 371 g/mol. The van der Waals surface area contributed by atoms with Gasteiger partial charge in [0.15, 0.2) is 0 Å². The highest BCUT2D eigenvalue weighted by atomic mass is 32.1. The van der Waals surface area contributed by atoms with Gasteiger partial charge in [-0.05, 0) is 37.6 Å². The summed E-state index contributed by atoms with van der Waals surface area (Å²) in [4.78, 5) is 29.8. The largest absolute Gasteiger partial charge is 0.462 e. The third-order valence-corrected chi connectivity index (χ3v) is 5.07. The number of nitrogens with zero attached hydrogens (tertiary/aromatic N) is 3. The van der Waals surface area contributed by atoms with Gasteiger partial charge in [-0.3, -0.25) is 9.36 Å². The van der Waals surface area contributed by atoms with Gasteiger partial charge in [-0.25, -0.2) is 14.2 Å². The van der Waals surface area contributed by atoms with Gasteiger partial charge in [-0.1, -0.05) is 0 Å². The van der Waals surface area contributed by atoms with Gasteiger partial charge in [-0.2, -0.15) is 5.26 Å². The number of ether oxygens (including phenoxy) is 1. The molecule has 6 nitrogen and oxygen atoms in total. The number of thiophene rings is 1. The Kier molecular flexibility index (Phi) is 4.82. The van der Waals surface area contributed by atoms with E-state index >= 15 is 0 Å². The van der Waals surface area contributed by atoms with Crippen molar-refractivity contribution in [3.63, 3.8) is 0 Å². The summed E-state index contributed by atoms with van der Waals surface area (Å²) in [6.45, 7) is 3.54. The Bertz CT molecular complexity index is 1110. The second-order valence-corrected chi connectivity index (χ2v) is 6.55. The molecule has 0 saturated carbocycles. The summed E-state index contributed by atoms with van der Waals surface area (Å²) in [6, 6.07) is 5.91. The van der Waals surface area contributed by atoms with Crippen LogP contribution in [0.5, 0.6) is 0 Å². The first-order valence-corrected chi connectivity index (χ1v) is 8.62. The highest BCUT2D eigenvalue weighted by Gasteiger charge is 2.20. The second-order valence-electron chi connectivity index (χ2n) is 5.55. The van der Waals surface area contributed by atoms with Crippen LogP contribution in [0.1, 0.15) is 33.3 Å². The Labute approximate surface area is 152 Å². The fraction of sp³-hybridized carbons (Fsp3) is 0.222. The molecule has 0 bridgehead atoms. The van der Waals surface area contributed by atoms with Crippen molar-refractivity contribution in [1.82, 2.24) is 9.55 Å². The zero-order valence-corrected chi connectivity index (χ0v) is 14.9. The number of rotatable bonds is 4. The molecule has 8 heteroatoms. The molecule has 26 heavy (non-hydrogen) atoms. The van der Waals surface area contributed by atoms with Crippen LogP contribution in [0, 0.1) is 24.1 Å². The van der Waals surface area contributed by atoms with E-state index in [1.807, 2.05) is 6.07 Å². The lowest BCUT2D eigenvalue weighted by atomic mass is 10.1. The van der Waals surface area contributed by atoms with Crippen LogP contribution in [0.25, 0.3) is 10.2 Å². The lowest BCUT2D eigenvalue weighted by molar-refractivity contribution is 0.0531. The Morgan fingerprint density at radius 3 is 2.92 bits per heavy atom. The van der Waals surface area contributed by atoms with Crippen LogP contribution in [0.4, 0.5) is 4.39 Å². The molecule has 0 unspecified atom stereocenters. The molecule has 0 spiro atoms. The molecule has 0 amide bonds. The zero-order valence-electron chi connectivity index (χ0n) is 14.1. The fourth-order valence-corrected chi connectivity index (χ4v) is 3.65. The predicted octanol–water partition coefficient (Wildman–Crippen LogP) is 3.00. The maximum atomic E-state index is 14.0. The summed E-state index contributed by atoms with van der Waals surface area (Å²) in [5, 5.41) is 9.27. The number of hydrogen-bond acceptors (Lipinski definition) is 6. The van der Waals surface area contributed by atoms with Gasteiger partial charge in [-0.15, -0.1) is 11.3 Å². The number of fused-ring (bicyclic) bond motifs is 1. The third-order valence-electron chi connectivity index (χ3n) is 3.89. The quantitative estimate of drug-likeness (QED) is 0.658. The van der Waals surface area contributed by atoms with E-state index in [-0.39, 0.29) is 24.3 Å². The van der Waals surface area contributed by atoms with Gasteiger partial charge in [0.25, 0.3) is 5.56 Å². The van der Waals surface area contributed by atoms with Gasteiger partial charge in [0.1, 0.15) is 15.5 Å². The number of benzene rings is 1. The third kappa shape index (κ3) is 3.09. The SMILES string of the molecule is CCOC(=O)c1sc2ncn(Cc3cc(C#N)ccc3F)c(=O)c2c1C. The smallest absolute Gasteiger partial charge is 0.348 e. The molecule has 3 aromatic rings. The maximum Gasteiger partial charge on any atom is 0.348 e. The molecular weight excluding hydrogens is 357 g/mol. The minimum absolute atomic E-state index is 0.0623. The van der Waals surface area contributed by atoms with E-state index in [9.17, 15) is 14.0 Å².